The summed E-state index contributed by atoms with van der Waals surface area (Å²) in [6.45, 7) is 0. The molecule has 1 N–H and O–H groups in total. The van der Waals surface area contributed by atoms with Crippen molar-refractivity contribution in [1.82, 2.24) is 5.32 Å². The van der Waals surface area contributed by atoms with Crippen molar-refractivity contribution in [3.05, 3.63) is 180 Å². The molecule has 222 valence electrons. The second kappa shape index (κ2) is 11.3. The van der Waals surface area contributed by atoms with Gasteiger partial charge < -0.3 is 9.73 Å². The van der Waals surface area contributed by atoms with Gasteiger partial charge in [0.2, 0.25) is 0 Å². The SMILES string of the molecule is c1ccc(C2=NC(c3ccc(-c4ccc5ccccc5c4)cc3)N=C(c3cccc4oc5ccc(-c6ccccc6)cc5c34)N2)cc1. The number of rotatable bonds is 5. The van der Waals surface area contributed by atoms with Crippen LogP contribution in [0.15, 0.2) is 178 Å². The molecule has 0 bridgehead atoms. The maximum atomic E-state index is 6.37. The quantitative estimate of drug-likeness (QED) is 0.213. The highest BCUT2D eigenvalue weighted by Crippen LogP contribution is 2.36. The van der Waals surface area contributed by atoms with Gasteiger partial charge in [0.1, 0.15) is 22.8 Å². The van der Waals surface area contributed by atoms with Crippen molar-refractivity contribution in [3.8, 4) is 22.3 Å². The van der Waals surface area contributed by atoms with E-state index in [4.69, 9.17) is 14.4 Å². The highest BCUT2D eigenvalue weighted by Gasteiger charge is 2.23. The van der Waals surface area contributed by atoms with E-state index >= 15 is 0 Å². The topological polar surface area (TPSA) is 49.9 Å². The molecule has 8 aromatic rings. The molecule has 0 saturated carbocycles. The predicted molar refractivity (Wildman–Crippen MR) is 194 cm³/mol. The van der Waals surface area contributed by atoms with Crippen LogP contribution in [0.4, 0.5) is 0 Å². The zero-order chi connectivity index (χ0) is 31.2. The lowest BCUT2D eigenvalue weighted by molar-refractivity contribution is 0.669. The first-order chi connectivity index (χ1) is 23.3. The van der Waals surface area contributed by atoms with Crippen molar-refractivity contribution in [2.75, 3.05) is 0 Å². The predicted octanol–water partition coefficient (Wildman–Crippen LogP) is 10.6. The molecule has 4 heteroatoms. The van der Waals surface area contributed by atoms with Crippen LogP contribution in [0.2, 0.25) is 0 Å². The van der Waals surface area contributed by atoms with E-state index in [1.165, 1.54) is 21.9 Å². The Bertz CT molecular complexity index is 2480. The fourth-order valence-corrected chi connectivity index (χ4v) is 6.53. The van der Waals surface area contributed by atoms with Crippen LogP contribution in [0.3, 0.4) is 0 Å². The third-order valence-electron chi connectivity index (χ3n) is 8.94. The monoisotopic (exact) mass is 603 g/mol. The average molecular weight is 604 g/mol. The molecule has 1 atom stereocenters. The van der Waals surface area contributed by atoms with Gasteiger partial charge in [-0.3, -0.25) is 0 Å². The number of hydrogen-bond donors (Lipinski definition) is 1. The van der Waals surface area contributed by atoms with Gasteiger partial charge in [0.25, 0.3) is 0 Å². The van der Waals surface area contributed by atoms with Gasteiger partial charge in [0.05, 0.1) is 0 Å². The summed E-state index contributed by atoms with van der Waals surface area (Å²) in [6.07, 6.45) is -0.416. The molecule has 1 aliphatic heterocycles. The van der Waals surface area contributed by atoms with Crippen LogP contribution < -0.4 is 5.32 Å². The molecule has 1 aliphatic rings. The normalized spacial score (nSPS) is 14.6. The summed E-state index contributed by atoms with van der Waals surface area (Å²) in [6, 6.07) is 57.0. The molecular weight excluding hydrogens is 574 g/mol. The Balaban J connectivity index is 1.15. The molecular formula is C43H29N3O. The number of nitrogens with one attached hydrogen (secondary N) is 1. The first kappa shape index (κ1) is 27.1. The van der Waals surface area contributed by atoms with E-state index in [-0.39, 0.29) is 0 Å². The summed E-state index contributed by atoms with van der Waals surface area (Å²) < 4.78 is 6.37. The number of amidine groups is 2. The maximum absolute atomic E-state index is 6.37. The lowest BCUT2D eigenvalue weighted by Crippen LogP contribution is -2.36. The maximum Gasteiger partial charge on any atom is 0.169 e. The Morgan fingerprint density at radius 1 is 0.447 bits per heavy atom. The van der Waals surface area contributed by atoms with Gasteiger partial charge in [-0.2, -0.15) is 0 Å². The fourth-order valence-electron chi connectivity index (χ4n) is 6.53. The Hall–Kier alpha value is -6.26. The highest BCUT2D eigenvalue weighted by atomic mass is 16.3. The molecule has 9 rings (SSSR count). The number of furan rings is 1. The summed E-state index contributed by atoms with van der Waals surface area (Å²) in [5.74, 6) is 1.55. The Kier molecular flexibility index (Phi) is 6.50. The second-order valence-electron chi connectivity index (χ2n) is 11.9. The number of nitrogens with zero attached hydrogens (tertiary/aromatic N) is 2. The van der Waals surface area contributed by atoms with Crippen LogP contribution >= 0.6 is 0 Å². The van der Waals surface area contributed by atoms with E-state index < -0.39 is 6.17 Å². The average Bonchev–Trinajstić information content (AvgIpc) is 3.53. The van der Waals surface area contributed by atoms with E-state index in [1.807, 2.05) is 36.4 Å². The van der Waals surface area contributed by atoms with E-state index in [1.54, 1.807) is 0 Å². The molecule has 2 heterocycles. The highest BCUT2D eigenvalue weighted by molar-refractivity contribution is 6.23. The van der Waals surface area contributed by atoms with Crippen LogP contribution in [0.5, 0.6) is 0 Å². The lowest BCUT2D eigenvalue weighted by atomic mass is 9.99. The van der Waals surface area contributed by atoms with Crippen molar-refractivity contribution < 1.29 is 4.42 Å². The van der Waals surface area contributed by atoms with Crippen LogP contribution in [-0.4, -0.2) is 11.7 Å². The molecule has 4 nitrogen and oxygen atoms in total. The zero-order valence-electron chi connectivity index (χ0n) is 25.5. The molecule has 0 spiro atoms. The second-order valence-corrected chi connectivity index (χ2v) is 11.9. The molecule has 0 aliphatic carbocycles. The Labute approximate surface area is 272 Å². The third-order valence-corrected chi connectivity index (χ3v) is 8.94. The van der Waals surface area contributed by atoms with Gasteiger partial charge in [0, 0.05) is 21.9 Å². The lowest BCUT2D eigenvalue weighted by Gasteiger charge is -2.23. The zero-order valence-corrected chi connectivity index (χ0v) is 25.5. The van der Waals surface area contributed by atoms with Crippen molar-refractivity contribution in [2.24, 2.45) is 9.98 Å². The van der Waals surface area contributed by atoms with Crippen LogP contribution in [0.25, 0.3) is 55.0 Å². The summed E-state index contributed by atoms with van der Waals surface area (Å²) in [4.78, 5) is 10.4. The van der Waals surface area contributed by atoms with Crippen molar-refractivity contribution in [2.45, 2.75) is 6.17 Å². The molecule has 0 saturated heterocycles. The number of hydrogen-bond acceptors (Lipinski definition) is 4. The molecule has 1 aromatic heterocycles. The van der Waals surface area contributed by atoms with Gasteiger partial charge in [-0.25, -0.2) is 9.98 Å². The van der Waals surface area contributed by atoms with Crippen molar-refractivity contribution in [3.63, 3.8) is 0 Å². The summed E-state index contributed by atoms with van der Waals surface area (Å²) in [7, 11) is 0. The molecule has 0 amide bonds. The number of fused-ring (bicyclic) bond motifs is 4. The van der Waals surface area contributed by atoms with Crippen molar-refractivity contribution in [1.29, 1.82) is 0 Å². The molecule has 7 aromatic carbocycles. The van der Waals surface area contributed by atoms with Gasteiger partial charge in [0.15, 0.2) is 6.17 Å². The number of aliphatic imine (C=N–C) groups is 2. The van der Waals surface area contributed by atoms with Crippen molar-refractivity contribution >= 4 is 44.4 Å². The molecule has 47 heavy (non-hydrogen) atoms. The fraction of sp³-hybridized carbons (Fsp3) is 0.0233. The standard InChI is InChI=1S/C43H29N3O/c1-3-10-28(11-4-1)35-24-25-38-37(27-35)40-36(16-9-17-39(40)47-38)43-45-41(31-13-5-2-6-14-31)44-42(46-43)32-21-18-30(19-22-32)34-23-20-29-12-7-8-15-33(29)26-34/h1-27,42H,(H,44,45,46). The van der Waals surface area contributed by atoms with E-state index in [0.717, 1.165) is 61.4 Å². The van der Waals surface area contributed by atoms with E-state index in [0.29, 0.717) is 0 Å². The van der Waals surface area contributed by atoms with E-state index in [9.17, 15) is 0 Å². The van der Waals surface area contributed by atoms with Gasteiger partial charge >= 0.3 is 0 Å². The van der Waals surface area contributed by atoms with Gasteiger partial charge in [-0.15, -0.1) is 0 Å². The van der Waals surface area contributed by atoms with Gasteiger partial charge in [-0.05, 0) is 62.9 Å². The minimum absolute atomic E-state index is 0.416. The van der Waals surface area contributed by atoms with Crippen LogP contribution in [-0.2, 0) is 0 Å². The molecule has 1 unspecified atom stereocenters. The van der Waals surface area contributed by atoms with Crippen LogP contribution in [0, 0.1) is 0 Å². The smallest absolute Gasteiger partial charge is 0.169 e. The minimum atomic E-state index is -0.416. The number of benzene rings is 7. The first-order valence-electron chi connectivity index (χ1n) is 15.9. The largest absolute Gasteiger partial charge is 0.456 e. The summed E-state index contributed by atoms with van der Waals surface area (Å²) in [5, 5.41) is 8.15. The summed E-state index contributed by atoms with van der Waals surface area (Å²) in [5.41, 5.74) is 9.34. The van der Waals surface area contributed by atoms with E-state index in [2.05, 4.69) is 133 Å². The summed E-state index contributed by atoms with van der Waals surface area (Å²) >= 11 is 0. The van der Waals surface area contributed by atoms with Crippen LogP contribution in [0.1, 0.15) is 22.9 Å². The first-order valence-corrected chi connectivity index (χ1v) is 15.9. The Morgan fingerprint density at radius 2 is 1.09 bits per heavy atom. The molecule has 0 radical (unpaired) electrons. The third kappa shape index (κ3) is 4.97. The minimum Gasteiger partial charge on any atom is -0.456 e. The molecule has 0 fully saturated rings. The Morgan fingerprint density at radius 3 is 1.89 bits per heavy atom. The van der Waals surface area contributed by atoms with Gasteiger partial charge in [-0.1, -0.05) is 140 Å².